The van der Waals surface area contributed by atoms with Gasteiger partial charge in [-0.25, -0.2) is 13.7 Å². The number of hydrogen-bond donors (Lipinski definition) is 7. The number of hydrogen-bond acceptors (Lipinski definition) is 13. The molecule has 7 atom stereocenters. The maximum absolute atomic E-state index is 12.9. The van der Waals surface area contributed by atoms with E-state index < -0.39 is 79.1 Å². The highest BCUT2D eigenvalue weighted by atomic mass is 32.2. The summed E-state index contributed by atoms with van der Waals surface area (Å²) in [4.78, 5) is 71.7. The normalized spacial score (nSPS) is 23.1. The van der Waals surface area contributed by atoms with E-state index in [1.165, 1.54) is 51.4 Å². The molecule has 0 amide bonds. The van der Waals surface area contributed by atoms with Crippen LogP contribution in [-0.4, -0.2) is 94.7 Å². The number of phosphoric acid groups is 3. The van der Waals surface area contributed by atoms with Crippen molar-refractivity contribution in [1.82, 2.24) is 0 Å². The average molecular weight is 817 g/mol. The van der Waals surface area contributed by atoms with Crippen LogP contribution in [0.4, 0.5) is 0 Å². The van der Waals surface area contributed by atoms with Gasteiger partial charge >= 0.3 is 29.4 Å². The molecular formula is C30H59O17P3S. The molecule has 0 bridgehead atoms. The third-order valence-corrected chi connectivity index (χ3v) is 11.1. The largest absolute Gasteiger partial charge is 0.472 e. The molecule has 1 fully saturated rings. The number of aliphatic hydroxyl groups is 2. The molecule has 1 aliphatic carbocycles. The predicted octanol–water partition coefficient (Wildman–Crippen LogP) is 5.41. The standard InChI is InChI=1S/C30H59O17P3S/c1-3-5-6-7-8-9-10-11-12-13-14-15-16-18-26(31)44-23(19-20-51-27(32)17-4-2)22-43-50(41,42)46-24-21-25(45-48(35,36)37)30(29(34)28(24)33)47-49(38,39)40/h23-25,28-30,33-34H,3-22H2,1-2H3,(H,41,42)(H2,35,36,37)(H2,38,39,40)/t23-,24?,25-,28+,29+,30?/m1/s1. The van der Waals surface area contributed by atoms with Crippen LogP contribution in [0.1, 0.15) is 129 Å². The molecule has 17 nitrogen and oxygen atoms in total. The van der Waals surface area contributed by atoms with E-state index in [2.05, 4.69) is 16.0 Å². The summed E-state index contributed by atoms with van der Waals surface area (Å²) in [5.41, 5.74) is 0. The van der Waals surface area contributed by atoms with Crippen LogP contribution in [0.15, 0.2) is 0 Å². The summed E-state index contributed by atoms with van der Waals surface area (Å²) in [5.74, 6) is -0.352. The summed E-state index contributed by atoms with van der Waals surface area (Å²) in [5, 5.41) is 20.8. The molecule has 0 aliphatic heterocycles. The van der Waals surface area contributed by atoms with Crippen LogP contribution in [0, 0.1) is 0 Å². The van der Waals surface area contributed by atoms with Crippen LogP contribution in [-0.2, 0) is 46.1 Å². The van der Waals surface area contributed by atoms with Crippen LogP contribution < -0.4 is 0 Å². The summed E-state index contributed by atoms with van der Waals surface area (Å²) >= 11 is 1.01. The van der Waals surface area contributed by atoms with Crippen LogP contribution in [0.25, 0.3) is 0 Å². The lowest BCUT2D eigenvalue weighted by molar-refractivity contribution is -0.168. The lowest BCUT2D eigenvalue weighted by Gasteiger charge is -2.41. The van der Waals surface area contributed by atoms with Gasteiger partial charge in [0, 0.05) is 25.0 Å². The smallest absolute Gasteiger partial charge is 0.460 e. The first-order valence-electron chi connectivity index (χ1n) is 17.7. The van der Waals surface area contributed by atoms with Crippen LogP contribution in [0.5, 0.6) is 0 Å². The van der Waals surface area contributed by atoms with Gasteiger partial charge in [0.2, 0.25) is 0 Å². The van der Waals surface area contributed by atoms with Gasteiger partial charge in [0.05, 0.1) is 6.61 Å². The zero-order valence-electron chi connectivity index (χ0n) is 29.6. The molecule has 21 heteroatoms. The highest BCUT2D eigenvalue weighted by Gasteiger charge is 2.51. The molecule has 0 aromatic rings. The summed E-state index contributed by atoms with van der Waals surface area (Å²) in [6.45, 7) is 3.39. The predicted molar refractivity (Wildman–Crippen MR) is 188 cm³/mol. The first kappa shape index (κ1) is 48.8. The Morgan fingerprint density at radius 3 is 1.73 bits per heavy atom. The van der Waals surface area contributed by atoms with Gasteiger partial charge in [-0.1, -0.05) is 103 Å². The quantitative estimate of drug-likeness (QED) is 0.0282. The average Bonchev–Trinajstić information content (AvgIpc) is 3.01. The lowest BCUT2D eigenvalue weighted by Crippen LogP contribution is -2.57. The fraction of sp³-hybridized carbons (Fsp3) is 0.933. The number of ether oxygens (including phenoxy) is 1. The maximum atomic E-state index is 12.9. The number of rotatable bonds is 29. The Hall–Kier alpha value is -0.260. The highest BCUT2D eigenvalue weighted by molar-refractivity contribution is 8.13. The Morgan fingerprint density at radius 2 is 1.22 bits per heavy atom. The zero-order valence-corrected chi connectivity index (χ0v) is 33.1. The zero-order chi connectivity index (χ0) is 38.5. The number of phosphoric ester groups is 3. The molecule has 3 unspecified atom stereocenters. The fourth-order valence-electron chi connectivity index (χ4n) is 5.48. The molecule has 51 heavy (non-hydrogen) atoms. The van der Waals surface area contributed by atoms with Crippen molar-refractivity contribution >= 4 is 46.3 Å². The van der Waals surface area contributed by atoms with E-state index in [9.17, 15) is 48.2 Å². The maximum Gasteiger partial charge on any atom is 0.472 e. The molecule has 7 N–H and O–H groups in total. The second-order valence-corrected chi connectivity index (χ2v) is 17.6. The SMILES string of the molecule is CCCCCCCCCCCCCCCC(=O)O[C@H](CCSC(=O)CCC)COP(=O)(O)OC1C[C@@H](OP(=O)(O)O)C(OP(=O)(O)O)[C@@H](O)[C@H]1O. The minimum absolute atomic E-state index is 0.0782. The van der Waals surface area contributed by atoms with Gasteiger partial charge in [0.1, 0.15) is 36.6 Å². The van der Waals surface area contributed by atoms with Crippen LogP contribution >= 0.6 is 35.2 Å². The molecule has 1 rings (SSSR count). The van der Waals surface area contributed by atoms with Crippen molar-refractivity contribution in [2.45, 2.75) is 166 Å². The molecular weight excluding hydrogens is 757 g/mol. The van der Waals surface area contributed by atoms with Gasteiger partial charge in [-0.3, -0.25) is 27.7 Å². The molecule has 0 aromatic heterocycles. The van der Waals surface area contributed by atoms with E-state index in [0.29, 0.717) is 19.3 Å². The number of unbranched alkanes of at least 4 members (excludes halogenated alkanes) is 12. The number of carbonyl (C=O) groups excluding carboxylic acids is 2. The third kappa shape index (κ3) is 24.0. The Labute approximate surface area is 305 Å². The molecule has 0 aromatic carbocycles. The fourth-order valence-corrected chi connectivity index (χ4v) is 8.54. The molecule has 0 heterocycles. The van der Waals surface area contributed by atoms with E-state index in [4.69, 9.17) is 23.6 Å². The van der Waals surface area contributed by atoms with E-state index >= 15 is 0 Å². The van der Waals surface area contributed by atoms with Crippen molar-refractivity contribution in [3.05, 3.63) is 0 Å². The summed E-state index contributed by atoms with van der Waals surface area (Å²) in [6, 6.07) is 0. The second-order valence-electron chi connectivity index (χ2n) is 12.7. The monoisotopic (exact) mass is 816 g/mol. The second kappa shape index (κ2) is 25.8. The number of aliphatic hydroxyl groups excluding tert-OH is 2. The van der Waals surface area contributed by atoms with Gasteiger partial charge in [-0.05, 0) is 19.3 Å². The van der Waals surface area contributed by atoms with Gasteiger partial charge in [-0.15, -0.1) is 0 Å². The minimum Gasteiger partial charge on any atom is -0.460 e. The molecule has 302 valence electrons. The van der Waals surface area contributed by atoms with Gasteiger partial charge in [0.25, 0.3) is 0 Å². The summed E-state index contributed by atoms with van der Waals surface area (Å²) in [7, 11) is -15.9. The molecule has 1 aliphatic rings. The van der Waals surface area contributed by atoms with Crippen molar-refractivity contribution in [1.29, 1.82) is 0 Å². The Bertz CT molecular complexity index is 1140. The van der Waals surface area contributed by atoms with Crippen molar-refractivity contribution in [2.24, 2.45) is 0 Å². The van der Waals surface area contributed by atoms with Gasteiger partial charge < -0.3 is 39.4 Å². The molecule has 0 saturated heterocycles. The first-order valence-corrected chi connectivity index (χ1v) is 23.3. The minimum atomic E-state index is -5.37. The topological polar surface area (TPSA) is 273 Å². The van der Waals surface area contributed by atoms with Crippen LogP contribution in [0.3, 0.4) is 0 Å². The molecule has 0 spiro atoms. The number of esters is 1. The Morgan fingerprint density at radius 1 is 0.686 bits per heavy atom. The number of carbonyl (C=O) groups is 2. The van der Waals surface area contributed by atoms with Gasteiger partial charge in [0.15, 0.2) is 5.12 Å². The van der Waals surface area contributed by atoms with Crippen LogP contribution in [0.2, 0.25) is 0 Å². The summed E-state index contributed by atoms with van der Waals surface area (Å²) < 4.78 is 60.0. The molecule has 1 saturated carbocycles. The first-order chi connectivity index (χ1) is 23.9. The molecule has 0 radical (unpaired) electrons. The van der Waals surface area contributed by atoms with E-state index in [1.807, 2.05) is 6.92 Å². The van der Waals surface area contributed by atoms with E-state index in [1.54, 1.807) is 0 Å². The Balaban J connectivity index is 2.69. The van der Waals surface area contributed by atoms with Gasteiger partial charge in [-0.2, -0.15) is 0 Å². The number of thioether (sulfide) groups is 1. The van der Waals surface area contributed by atoms with E-state index in [-0.39, 0.29) is 23.7 Å². The van der Waals surface area contributed by atoms with E-state index in [0.717, 1.165) is 37.4 Å². The van der Waals surface area contributed by atoms with Crippen molar-refractivity contribution in [3.8, 4) is 0 Å². The lowest BCUT2D eigenvalue weighted by atomic mass is 9.87. The Kier molecular flexibility index (Phi) is 24.6. The van der Waals surface area contributed by atoms with Crippen molar-refractivity contribution < 1.29 is 80.8 Å². The highest BCUT2D eigenvalue weighted by Crippen LogP contribution is 2.51. The summed E-state index contributed by atoms with van der Waals surface area (Å²) in [6.07, 6.45) is 3.44. The third-order valence-electron chi connectivity index (χ3n) is 8.06. The van der Waals surface area contributed by atoms with Crippen molar-refractivity contribution in [3.63, 3.8) is 0 Å². The van der Waals surface area contributed by atoms with Crippen molar-refractivity contribution in [2.75, 3.05) is 12.4 Å².